The van der Waals surface area contributed by atoms with Crippen LogP contribution in [0.5, 0.6) is 0 Å². The average molecular weight is 387 g/mol. The molecule has 154 valence electrons. The van der Waals surface area contributed by atoms with Crippen LogP contribution in [-0.2, 0) is 16.1 Å². The molecule has 1 atom stereocenters. The summed E-state index contributed by atoms with van der Waals surface area (Å²) in [6.07, 6.45) is 4.21. The number of aryl methyl sites for hydroxylation is 2. The lowest BCUT2D eigenvalue weighted by molar-refractivity contribution is -0.151. The number of carbonyl (C=O) groups is 1. The third-order valence-electron chi connectivity index (χ3n) is 7.06. The number of cyclic esters (lactones) is 1. The maximum Gasteiger partial charge on any atom is 0.312 e. The van der Waals surface area contributed by atoms with Gasteiger partial charge in [-0.15, -0.1) is 0 Å². The Morgan fingerprint density at radius 1 is 1.11 bits per heavy atom. The lowest BCUT2D eigenvalue weighted by atomic mass is 9.76. The van der Waals surface area contributed by atoms with Gasteiger partial charge in [0.15, 0.2) is 0 Å². The number of piperidine rings is 2. The smallest absolute Gasteiger partial charge is 0.312 e. The molecule has 0 amide bonds. The first-order valence-electron chi connectivity index (χ1n) is 10.8. The van der Waals surface area contributed by atoms with Crippen LogP contribution in [0.2, 0.25) is 0 Å². The standard InChI is InChI=1S/C23H34N2O3/c1-17-3-4-18(2)19(13-17)15-25-11-7-23(8-12-25)14-21(28-22(23)27)16-24-9-5-20(26)6-10-24/h3-4,13,20-21,26H,5-12,14-16H2,1-2H3. The molecule has 3 aliphatic rings. The molecule has 0 bridgehead atoms. The summed E-state index contributed by atoms with van der Waals surface area (Å²) < 4.78 is 5.81. The van der Waals surface area contributed by atoms with Crippen LogP contribution in [-0.4, -0.2) is 65.8 Å². The van der Waals surface area contributed by atoms with Crippen molar-refractivity contribution in [1.29, 1.82) is 0 Å². The summed E-state index contributed by atoms with van der Waals surface area (Å²) in [5, 5.41) is 9.67. The predicted molar refractivity (Wildman–Crippen MR) is 109 cm³/mol. The Hall–Kier alpha value is -1.43. The fraction of sp³-hybridized carbons (Fsp3) is 0.696. The van der Waals surface area contributed by atoms with Gasteiger partial charge in [0, 0.05) is 32.6 Å². The molecule has 0 radical (unpaired) electrons. The fourth-order valence-corrected chi connectivity index (χ4v) is 5.09. The van der Waals surface area contributed by atoms with Gasteiger partial charge in [-0.3, -0.25) is 14.6 Å². The first-order chi connectivity index (χ1) is 13.4. The maximum absolute atomic E-state index is 12.7. The number of likely N-dealkylation sites (tertiary alicyclic amines) is 2. The van der Waals surface area contributed by atoms with E-state index in [1.54, 1.807) is 0 Å². The average Bonchev–Trinajstić information content (AvgIpc) is 2.97. The highest BCUT2D eigenvalue weighted by Gasteiger charge is 2.50. The number of hydrogen-bond acceptors (Lipinski definition) is 5. The second-order valence-corrected chi connectivity index (χ2v) is 9.25. The van der Waals surface area contributed by atoms with Crippen LogP contribution >= 0.6 is 0 Å². The molecule has 3 heterocycles. The highest BCUT2D eigenvalue weighted by Crippen LogP contribution is 2.43. The molecule has 1 N–H and O–H groups in total. The molecular formula is C23H34N2O3. The third-order valence-corrected chi connectivity index (χ3v) is 7.06. The van der Waals surface area contributed by atoms with E-state index >= 15 is 0 Å². The molecule has 1 aromatic carbocycles. The van der Waals surface area contributed by atoms with Crippen molar-refractivity contribution in [3.63, 3.8) is 0 Å². The van der Waals surface area contributed by atoms with E-state index in [1.807, 2.05) is 0 Å². The van der Waals surface area contributed by atoms with Gasteiger partial charge in [-0.25, -0.2) is 0 Å². The Balaban J connectivity index is 1.31. The molecule has 1 spiro atoms. The number of benzene rings is 1. The number of rotatable bonds is 4. The summed E-state index contributed by atoms with van der Waals surface area (Å²) in [4.78, 5) is 17.6. The zero-order valence-corrected chi connectivity index (χ0v) is 17.3. The molecule has 4 rings (SSSR count). The van der Waals surface area contributed by atoms with Gasteiger partial charge in [-0.05, 0) is 63.7 Å². The largest absolute Gasteiger partial charge is 0.461 e. The van der Waals surface area contributed by atoms with Crippen molar-refractivity contribution in [2.75, 3.05) is 32.7 Å². The topological polar surface area (TPSA) is 53.0 Å². The van der Waals surface area contributed by atoms with Gasteiger partial charge in [0.2, 0.25) is 0 Å². The molecule has 0 aliphatic carbocycles. The molecule has 0 saturated carbocycles. The van der Waals surface area contributed by atoms with E-state index in [-0.39, 0.29) is 23.6 Å². The summed E-state index contributed by atoms with van der Waals surface area (Å²) in [6.45, 7) is 9.86. The van der Waals surface area contributed by atoms with Crippen molar-refractivity contribution in [3.8, 4) is 0 Å². The number of aliphatic hydroxyl groups is 1. The predicted octanol–water partition coefficient (Wildman–Crippen LogP) is 2.66. The Morgan fingerprint density at radius 3 is 2.54 bits per heavy atom. The van der Waals surface area contributed by atoms with Crippen LogP contribution in [0.3, 0.4) is 0 Å². The number of hydrogen-bond donors (Lipinski definition) is 1. The second kappa shape index (κ2) is 8.13. The molecule has 3 aliphatic heterocycles. The van der Waals surface area contributed by atoms with Crippen molar-refractivity contribution in [3.05, 3.63) is 34.9 Å². The Morgan fingerprint density at radius 2 is 1.82 bits per heavy atom. The van der Waals surface area contributed by atoms with Crippen LogP contribution < -0.4 is 0 Å². The summed E-state index contributed by atoms with van der Waals surface area (Å²) in [7, 11) is 0. The minimum atomic E-state index is -0.266. The normalized spacial score (nSPS) is 26.7. The zero-order valence-electron chi connectivity index (χ0n) is 17.3. The molecule has 5 nitrogen and oxygen atoms in total. The van der Waals surface area contributed by atoms with Crippen LogP contribution in [0.25, 0.3) is 0 Å². The highest BCUT2D eigenvalue weighted by atomic mass is 16.6. The molecule has 3 fully saturated rings. The van der Waals surface area contributed by atoms with Crippen LogP contribution in [0.4, 0.5) is 0 Å². The van der Waals surface area contributed by atoms with Crippen LogP contribution in [0.1, 0.15) is 48.8 Å². The fourth-order valence-electron chi connectivity index (χ4n) is 5.09. The Kier molecular flexibility index (Phi) is 5.77. The quantitative estimate of drug-likeness (QED) is 0.807. The first kappa shape index (κ1) is 19.9. The number of carbonyl (C=O) groups excluding carboxylic acids is 1. The van der Waals surface area contributed by atoms with E-state index in [0.29, 0.717) is 0 Å². The second-order valence-electron chi connectivity index (χ2n) is 9.25. The summed E-state index contributed by atoms with van der Waals surface area (Å²) in [6, 6.07) is 6.66. The van der Waals surface area contributed by atoms with Gasteiger partial charge in [-0.1, -0.05) is 23.8 Å². The van der Waals surface area contributed by atoms with Gasteiger partial charge >= 0.3 is 5.97 Å². The number of ether oxygens (including phenoxy) is 1. The molecule has 5 heteroatoms. The monoisotopic (exact) mass is 386 g/mol. The molecular weight excluding hydrogens is 352 g/mol. The van der Waals surface area contributed by atoms with Crippen LogP contribution in [0, 0.1) is 19.3 Å². The summed E-state index contributed by atoms with van der Waals surface area (Å²) in [5.41, 5.74) is 3.78. The van der Waals surface area contributed by atoms with Gasteiger partial charge in [0.05, 0.1) is 11.5 Å². The van der Waals surface area contributed by atoms with E-state index < -0.39 is 0 Å². The number of esters is 1. The van der Waals surface area contributed by atoms with Crippen molar-refractivity contribution in [2.45, 2.75) is 64.7 Å². The molecule has 1 unspecified atom stereocenters. The maximum atomic E-state index is 12.7. The van der Waals surface area contributed by atoms with Gasteiger partial charge in [0.25, 0.3) is 0 Å². The Labute approximate surface area is 168 Å². The number of nitrogens with zero attached hydrogens (tertiary/aromatic N) is 2. The van der Waals surface area contributed by atoms with E-state index in [1.165, 1.54) is 16.7 Å². The van der Waals surface area contributed by atoms with Crippen LogP contribution in [0.15, 0.2) is 18.2 Å². The van der Waals surface area contributed by atoms with E-state index in [2.05, 4.69) is 41.8 Å². The van der Waals surface area contributed by atoms with E-state index in [4.69, 9.17) is 4.74 Å². The first-order valence-corrected chi connectivity index (χ1v) is 10.8. The van der Waals surface area contributed by atoms with E-state index in [0.717, 1.165) is 71.4 Å². The third kappa shape index (κ3) is 4.27. The van der Waals surface area contributed by atoms with E-state index in [9.17, 15) is 9.90 Å². The van der Waals surface area contributed by atoms with Crippen molar-refractivity contribution in [2.24, 2.45) is 5.41 Å². The van der Waals surface area contributed by atoms with Crippen molar-refractivity contribution in [1.82, 2.24) is 9.80 Å². The molecule has 28 heavy (non-hydrogen) atoms. The summed E-state index contributed by atoms with van der Waals surface area (Å²) >= 11 is 0. The van der Waals surface area contributed by atoms with Gasteiger partial charge < -0.3 is 9.84 Å². The van der Waals surface area contributed by atoms with Crippen molar-refractivity contribution < 1.29 is 14.6 Å². The molecule has 3 saturated heterocycles. The van der Waals surface area contributed by atoms with Gasteiger partial charge in [0.1, 0.15) is 6.10 Å². The summed E-state index contributed by atoms with van der Waals surface area (Å²) in [5.74, 6) is 0.0286. The lowest BCUT2D eigenvalue weighted by Gasteiger charge is -2.37. The molecule has 0 aromatic heterocycles. The highest BCUT2D eigenvalue weighted by molar-refractivity contribution is 5.79. The molecule has 1 aromatic rings. The van der Waals surface area contributed by atoms with Gasteiger partial charge in [-0.2, -0.15) is 0 Å². The number of aliphatic hydroxyl groups excluding tert-OH is 1. The minimum Gasteiger partial charge on any atom is -0.461 e. The minimum absolute atomic E-state index is 0.0216. The lowest BCUT2D eigenvalue weighted by Crippen LogP contribution is -2.42. The SMILES string of the molecule is Cc1ccc(C)c(CN2CCC3(CC2)CC(CN2CCC(O)CC2)OC3=O)c1. The zero-order chi connectivity index (χ0) is 19.7. The Bertz CT molecular complexity index is 704. The van der Waals surface area contributed by atoms with Crippen molar-refractivity contribution >= 4 is 5.97 Å².